The third-order valence-electron chi connectivity index (χ3n) is 4.32. The lowest BCUT2D eigenvalue weighted by atomic mass is 9.64. The number of hydrogen-bond acceptors (Lipinski definition) is 2. The molecule has 1 aromatic rings. The summed E-state index contributed by atoms with van der Waals surface area (Å²) in [6.07, 6.45) is 1.35. The molecule has 2 unspecified atom stereocenters. The Morgan fingerprint density at radius 3 is 2.37 bits per heavy atom. The summed E-state index contributed by atoms with van der Waals surface area (Å²) in [4.78, 5) is 0. The van der Waals surface area contributed by atoms with Crippen molar-refractivity contribution in [1.82, 2.24) is 5.32 Å². The van der Waals surface area contributed by atoms with Gasteiger partial charge in [-0.3, -0.25) is 0 Å². The SMILES string of the molecule is CCNC1CC(Oc2cc(C)c(Cl)c(C)c2)C1(C)C. The van der Waals surface area contributed by atoms with Gasteiger partial charge < -0.3 is 10.1 Å². The van der Waals surface area contributed by atoms with Crippen LogP contribution in [0, 0.1) is 19.3 Å². The lowest BCUT2D eigenvalue weighted by Crippen LogP contribution is -2.62. The first-order valence-electron chi connectivity index (χ1n) is 7.03. The van der Waals surface area contributed by atoms with Crippen LogP contribution in [0.5, 0.6) is 5.75 Å². The zero-order valence-corrected chi connectivity index (χ0v) is 13.3. The van der Waals surface area contributed by atoms with E-state index in [1.165, 1.54) is 0 Å². The van der Waals surface area contributed by atoms with Crippen LogP contribution in [0.3, 0.4) is 0 Å². The molecule has 0 aliphatic heterocycles. The van der Waals surface area contributed by atoms with Gasteiger partial charge in [0.15, 0.2) is 0 Å². The monoisotopic (exact) mass is 281 g/mol. The van der Waals surface area contributed by atoms with Crippen LogP contribution >= 0.6 is 11.6 Å². The van der Waals surface area contributed by atoms with Crippen LogP contribution in [0.15, 0.2) is 12.1 Å². The molecule has 19 heavy (non-hydrogen) atoms. The van der Waals surface area contributed by atoms with Crippen LogP contribution in [0.2, 0.25) is 5.02 Å². The molecule has 1 N–H and O–H groups in total. The van der Waals surface area contributed by atoms with E-state index < -0.39 is 0 Å². The van der Waals surface area contributed by atoms with Crippen molar-refractivity contribution in [2.24, 2.45) is 5.41 Å². The Balaban J connectivity index is 2.07. The summed E-state index contributed by atoms with van der Waals surface area (Å²) in [6, 6.07) is 4.62. The summed E-state index contributed by atoms with van der Waals surface area (Å²) in [6.45, 7) is 11.7. The summed E-state index contributed by atoms with van der Waals surface area (Å²) in [5.74, 6) is 0.937. The van der Waals surface area contributed by atoms with Gasteiger partial charge >= 0.3 is 0 Å². The second-order valence-corrected chi connectivity index (χ2v) is 6.52. The van der Waals surface area contributed by atoms with Crippen LogP contribution in [0.1, 0.15) is 38.3 Å². The third-order valence-corrected chi connectivity index (χ3v) is 4.91. The minimum absolute atomic E-state index is 0.178. The molecule has 2 nitrogen and oxygen atoms in total. The van der Waals surface area contributed by atoms with Gasteiger partial charge in [0.1, 0.15) is 11.9 Å². The first kappa shape index (κ1) is 14.7. The van der Waals surface area contributed by atoms with Gasteiger partial charge in [-0.2, -0.15) is 0 Å². The zero-order valence-electron chi connectivity index (χ0n) is 12.5. The molecule has 1 aliphatic carbocycles. The Kier molecular flexibility index (Phi) is 4.12. The summed E-state index contributed by atoms with van der Waals surface area (Å²) in [7, 11) is 0. The number of rotatable bonds is 4. The minimum atomic E-state index is 0.178. The lowest BCUT2D eigenvalue weighted by molar-refractivity contribution is -0.0541. The molecule has 0 bridgehead atoms. The van der Waals surface area contributed by atoms with Crippen molar-refractivity contribution in [3.05, 3.63) is 28.3 Å². The third kappa shape index (κ3) is 2.75. The molecule has 0 spiro atoms. The maximum atomic E-state index is 6.19. The largest absolute Gasteiger partial charge is 0.490 e. The quantitative estimate of drug-likeness (QED) is 0.897. The molecule has 3 heteroatoms. The Labute approximate surface area is 121 Å². The van der Waals surface area contributed by atoms with Crippen LogP contribution in [0.25, 0.3) is 0 Å². The Hall–Kier alpha value is -0.730. The first-order chi connectivity index (χ1) is 8.86. The molecule has 106 valence electrons. The van der Waals surface area contributed by atoms with Gasteiger partial charge in [-0.1, -0.05) is 32.4 Å². The van der Waals surface area contributed by atoms with Gasteiger partial charge in [0.05, 0.1) is 0 Å². The van der Waals surface area contributed by atoms with Crippen LogP contribution in [0.4, 0.5) is 0 Å². The molecule has 2 atom stereocenters. The smallest absolute Gasteiger partial charge is 0.120 e. The van der Waals surface area contributed by atoms with E-state index in [0.717, 1.165) is 34.9 Å². The second kappa shape index (κ2) is 5.34. The predicted octanol–water partition coefficient (Wildman–Crippen LogP) is 4.11. The molecule has 1 saturated carbocycles. The molecular formula is C16H24ClNO. The van der Waals surface area contributed by atoms with Gasteiger partial charge in [-0.05, 0) is 43.7 Å². The van der Waals surface area contributed by atoms with Crippen molar-refractivity contribution < 1.29 is 4.74 Å². The average Bonchev–Trinajstić information content (AvgIpc) is 2.34. The normalized spacial score (nSPS) is 24.9. The summed E-state index contributed by atoms with van der Waals surface area (Å²) < 4.78 is 6.16. The van der Waals surface area contributed by atoms with Crippen molar-refractivity contribution >= 4 is 11.6 Å². The number of ether oxygens (including phenoxy) is 1. The molecule has 1 aliphatic rings. The Morgan fingerprint density at radius 1 is 1.32 bits per heavy atom. The summed E-state index contributed by atoms with van der Waals surface area (Å²) >= 11 is 6.19. The van der Waals surface area contributed by atoms with Gasteiger partial charge in [0.2, 0.25) is 0 Å². The first-order valence-corrected chi connectivity index (χ1v) is 7.40. The highest BCUT2D eigenvalue weighted by Gasteiger charge is 2.49. The van der Waals surface area contributed by atoms with E-state index in [-0.39, 0.29) is 11.5 Å². The molecule has 0 aromatic heterocycles. The van der Waals surface area contributed by atoms with Gasteiger partial charge in [-0.15, -0.1) is 0 Å². The molecule has 0 amide bonds. The highest BCUT2D eigenvalue weighted by molar-refractivity contribution is 6.32. The zero-order chi connectivity index (χ0) is 14.2. The van der Waals surface area contributed by atoms with Crippen LogP contribution in [-0.2, 0) is 0 Å². The van der Waals surface area contributed by atoms with Gasteiger partial charge in [0, 0.05) is 22.9 Å². The highest BCUT2D eigenvalue weighted by Crippen LogP contribution is 2.43. The van der Waals surface area contributed by atoms with Crippen molar-refractivity contribution in [3.63, 3.8) is 0 Å². The standard InChI is InChI=1S/C16H24ClNO/c1-6-18-13-9-14(16(13,4)5)19-12-7-10(2)15(17)11(3)8-12/h7-8,13-14,18H,6,9H2,1-5H3. The second-order valence-electron chi connectivity index (χ2n) is 6.14. The fourth-order valence-corrected chi connectivity index (χ4v) is 2.93. The number of hydrogen-bond donors (Lipinski definition) is 1. The fourth-order valence-electron chi connectivity index (χ4n) is 2.82. The van der Waals surface area contributed by atoms with E-state index in [4.69, 9.17) is 16.3 Å². The average molecular weight is 282 g/mol. The van der Waals surface area contributed by atoms with Gasteiger partial charge in [0.25, 0.3) is 0 Å². The minimum Gasteiger partial charge on any atom is -0.490 e. The lowest BCUT2D eigenvalue weighted by Gasteiger charge is -2.51. The molecule has 0 heterocycles. The van der Waals surface area contributed by atoms with Crippen molar-refractivity contribution in [1.29, 1.82) is 0 Å². The van der Waals surface area contributed by atoms with E-state index >= 15 is 0 Å². The number of benzene rings is 1. The summed E-state index contributed by atoms with van der Waals surface area (Å²) in [5, 5.41) is 4.36. The highest BCUT2D eigenvalue weighted by atomic mass is 35.5. The van der Waals surface area contributed by atoms with Crippen molar-refractivity contribution in [2.45, 2.75) is 53.2 Å². The number of aryl methyl sites for hydroxylation is 2. The van der Waals surface area contributed by atoms with E-state index in [1.54, 1.807) is 0 Å². The molecular weight excluding hydrogens is 258 g/mol. The number of halogens is 1. The van der Waals surface area contributed by atoms with Crippen molar-refractivity contribution in [2.75, 3.05) is 6.54 Å². The molecule has 1 aromatic carbocycles. The van der Waals surface area contributed by atoms with Crippen molar-refractivity contribution in [3.8, 4) is 5.75 Å². The maximum absolute atomic E-state index is 6.19. The molecule has 0 saturated heterocycles. The number of nitrogens with one attached hydrogen (secondary N) is 1. The van der Waals surface area contributed by atoms with E-state index in [2.05, 4.69) is 26.1 Å². The van der Waals surface area contributed by atoms with E-state index in [1.807, 2.05) is 26.0 Å². The van der Waals surface area contributed by atoms with Crippen LogP contribution in [-0.4, -0.2) is 18.7 Å². The molecule has 0 radical (unpaired) electrons. The topological polar surface area (TPSA) is 21.3 Å². The summed E-state index contributed by atoms with van der Waals surface area (Å²) in [5.41, 5.74) is 2.34. The Morgan fingerprint density at radius 2 is 1.89 bits per heavy atom. The Bertz CT molecular complexity index is 447. The van der Waals surface area contributed by atoms with E-state index in [0.29, 0.717) is 6.04 Å². The molecule has 2 rings (SSSR count). The maximum Gasteiger partial charge on any atom is 0.120 e. The fraction of sp³-hybridized carbons (Fsp3) is 0.625. The van der Waals surface area contributed by atoms with E-state index in [9.17, 15) is 0 Å². The predicted molar refractivity (Wildman–Crippen MR) is 81.2 cm³/mol. The molecule has 1 fully saturated rings. The van der Waals surface area contributed by atoms with Crippen LogP contribution < -0.4 is 10.1 Å². The van der Waals surface area contributed by atoms with Gasteiger partial charge in [-0.25, -0.2) is 0 Å².